The van der Waals surface area contributed by atoms with Crippen LogP contribution in [0.1, 0.15) is 66.7 Å². The predicted octanol–water partition coefficient (Wildman–Crippen LogP) is 2.72. The largest absolute Gasteiger partial charge is 0.462 e. The van der Waals surface area contributed by atoms with Gasteiger partial charge in [-0.25, -0.2) is 0 Å². The maximum atomic E-state index is 13.3. The molecule has 4 saturated carbocycles. The zero-order chi connectivity index (χ0) is 19.9. The Kier molecular flexibility index (Phi) is 4.16. The van der Waals surface area contributed by atoms with E-state index in [4.69, 9.17) is 4.74 Å². The lowest BCUT2D eigenvalue weighted by Gasteiger charge is -2.66. The van der Waals surface area contributed by atoms with Gasteiger partial charge >= 0.3 is 5.97 Å². The van der Waals surface area contributed by atoms with Gasteiger partial charge in [-0.15, -0.1) is 0 Å². The van der Waals surface area contributed by atoms with E-state index in [0.29, 0.717) is 19.3 Å². The Morgan fingerprint density at radius 1 is 1.11 bits per heavy atom. The van der Waals surface area contributed by atoms with Gasteiger partial charge in [0.25, 0.3) is 0 Å². The highest BCUT2D eigenvalue weighted by Gasteiger charge is 2.72. The number of rotatable bonds is 1. The number of ether oxygens (including phenoxy) is 1. The first-order valence-electron chi connectivity index (χ1n) is 10.5. The Balaban J connectivity index is 1.79. The van der Waals surface area contributed by atoms with Crippen molar-refractivity contribution >= 4 is 11.8 Å². The van der Waals surface area contributed by atoms with E-state index in [2.05, 4.69) is 20.8 Å². The Bertz CT molecular complexity index is 672. The Morgan fingerprint density at radius 3 is 2.41 bits per heavy atom. The van der Waals surface area contributed by atoms with Crippen LogP contribution >= 0.6 is 0 Å². The van der Waals surface area contributed by atoms with Crippen molar-refractivity contribution in [1.82, 2.24) is 0 Å². The van der Waals surface area contributed by atoms with E-state index in [1.54, 1.807) is 0 Å². The van der Waals surface area contributed by atoms with Crippen LogP contribution in [-0.2, 0) is 14.3 Å². The molecule has 0 radical (unpaired) electrons. The van der Waals surface area contributed by atoms with Gasteiger partial charge in [-0.1, -0.05) is 27.7 Å². The van der Waals surface area contributed by atoms with Crippen LogP contribution in [0.4, 0.5) is 0 Å². The van der Waals surface area contributed by atoms with Gasteiger partial charge < -0.3 is 14.9 Å². The molecule has 2 N–H and O–H groups in total. The van der Waals surface area contributed by atoms with Crippen molar-refractivity contribution in [3.05, 3.63) is 0 Å². The van der Waals surface area contributed by atoms with Crippen LogP contribution in [0.2, 0.25) is 0 Å². The first-order valence-corrected chi connectivity index (χ1v) is 10.5. The molecule has 0 aliphatic heterocycles. The van der Waals surface area contributed by atoms with Crippen molar-refractivity contribution in [3.8, 4) is 0 Å². The molecule has 4 aliphatic rings. The van der Waals surface area contributed by atoms with Gasteiger partial charge in [-0.05, 0) is 49.4 Å². The average Bonchev–Trinajstić information content (AvgIpc) is 2.70. The molecule has 1 spiro atoms. The summed E-state index contributed by atoms with van der Waals surface area (Å²) in [5.41, 5.74) is -1.35. The van der Waals surface area contributed by atoms with E-state index >= 15 is 0 Å². The van der Waals surface area contributed by atoms with Gasteiger partial charge in [0.2, 0.25) is 0 Å². The first-order chi connectivity index (χ1) is 12.4. The Hall–Kier alpha value is -0.940. The molecule has 9 atom stereocenters. The summed E-state index contributed by atoms with van der Waals surface area (Å²) in [5.74, 6) is -0.0614. The van der Waals surface area contributed by atoms with Crippen LogP contribution in [0.25, 0.3) is 0 Å². The van der Waals surface area contributed by atoms with Crippen LogP contribution in [-0.4, -0.2) is 40.3 Å². The smallest absolute Gasteiger partial charge is 0.302 e. The fourth-order valence-electron chi connectivity index (χ4n) is 8.38. The molecule has 5 heteroatoms. The van der Waals surface area contributed by atoms with Crippen molar-refractivity contribution in [1.29, 1.82) is 0 Å². The highest BCUT2D eigenvalue weighted by atomic mass is 16.5. The number of hydrogen-bond acceptors (Lipinski definition) is 5. The molecule has 4 rings (SSSR count). The van der Waals surface area contributed by atoms with E-state index in [1.165, 1.54) is 6.92 Å². The molecular weight excluding hydrogens is 344 g/mol. The second-order valence-electron chi connectivity index (χ2n) is 10.8. The van der Waals surface area contributed by atoms with Gasteiger partial charge in [0.05, 0.1) is 12.2 Å². The van der Waals surface area contributed by atoms with Crippen LogP contribution in [0, 0.1) is 39.9 Å². The second kappa shape index (κ2) is 5.79. The molecule has 27 heavy (non-hydrogen) atoms. The average molecular weight is 379 g/mol. The second-order valence-corrected chi connectivity index (χ2v) is 10.8. The molecule has 0 aromatic rings. The third-order valence-electron chi connectivity index (χ3n) is 9.03. The highest BCUT2D eigenvalue weighted by Crippen LogP contribution is 2.71. The van der Waals surface area contributed by atoms with E-state index in [9.17, 15) is 19.8 Å². The molecule has 0 heterocycles. The fourth-order valence-corrected chi connectivity index (χ4v) is 8.38. The molecule has 1 unspecified atom stereocenters. The normalized spacial score (nSPS) is 53.4. The molecule has 0 amide bonds. The summed E-state index contributed by atoms with van der Waals surface area (Å²) in [7, 11) is 0. The summed E-state index contributed by atoms with van der Waals surface area (Å²) in [6, 6.07) is 0. The van der Waals surface area contributed by atoms with Crippen LogP contribution in [0.15, 0.2) is 0 Å². The third kappa shape index (κ3) is 2.37. The van der Waals surface area contributed by atoms with Crippen LogP contribution in [0.5, 0.6) is 0 Å². The molecule has 4 aliphatic carbocycles. The number of Topliss-reactive ketones (excluding diaryl/α,β-unsaturated/α-hetero) is 1. The number of aliphatic hydroxyl groups is 2. The van der Waals surface area contributed by atoms with Crippen molar-refractivity contribution in [2.45, 2.75) is 85.0 Å². The number of carbonyl (C=O) groups excluding carboxylic acids is 2. The fraction of sp³-hybridized carbons (Fsp3) is 0.909. The van der Waals surface area contributed by atoms with Crippen molar-refractivity contribution in [3.63, 3.8) is 0 Å². The number of carbonyl (C=O) groups is 2. The standard InChI is InChI=1S/C22H34O5/c1-11-13-8-14(24)18-21(5)7-6-16(27-12(2)23)20(3,4)17(21)15(25)10-22(18,9-13)19(11)26/h11,13-18,24-25H,6-10H2,1-5H3/t11-,13+,14+,15+,16-,17?,18+,21-,22+/m1/s1. The van der Waals surface area contributed by atoms with Gasteiger partial charge in [-0.3, -0.25) is 9.59 Å². The summed E-state index contributed by atoms with van der Waals surface area (Å²) in [6.07, 6.45) is 2.02. The van der Waals surface area contributed by atoms with Crippen molar-refractivity contribution in [2.24, 2.45) is 39.9 Å². The number of aliphatic hydroxyl groups excluding tert-OH is 2. The molecule has 0 saturated heterocycles. The third-order valence-corrected chi connectivity index (χ3v) is 9.03. The highest BCUT2D eigenvalue weighted by molar-refractivity contribution is 5.90. The SMILES string of the molecule is CC(=O)O[C@@H]1CC[C@]2(C)C([C@@H](O)C[C@@]34C[C@H](C[C@H](O)[C@H]32)[C@@H](C)C4=O)C1(C)C. The molecule has 0 aromatic carbocycles. The quantitative estimate of drug-likeness (QED) is 0.686. The summed E-state index contributed by atoms with van der Waals surface area (Å²) < 4.78 is 5.63. The van der Waals surface area contributed by atoms with Gasteiger partial charge in [-0.2, -0.15) is 0 Å². The number of hydrogen-bond donors (Lipinski definition) is 2. The van der Waals surface area contributed by atoms with E-state index in [1.807, 2.05) is 6.92 Å². The van der Waals surface area contributed by atoms with Crippen molar-refractivity contribution < 1.29 is 24.5 Å². The maximum Gasteiger partial charge on any atom is 0.302 e. The lowest BCUT2D eigenvalue weighted by molar-refractivity contribution is -0.244. The number of ketones is 1. The van der Waals surface area contributed by atoms with Gasteiger partial charge in [0.15, 0.2) is 0 Å². The van der Waals surface area contributed by atoms with E-state index < -0.39 is 23.0 Å². The Labute approximate surface area is 161 Å². The van der Waals surface area contributed by atoms with Gasteiger partial charge in [0, 0.05) is 29.6 Å². The maximum absolute atomic E-state index is 13.3. The van der Waals surface area contributed by atoms with Crippen molar-refractivity contribution in [2.75, 3.05) is 0 Å². The predicted molar refractivity (Wildman–Crippen MR) is 99.6 cm³/mol. The molecule has 5 nitrogen and oxygen atoms in total. The zero-order valence-corrected chi connectivity index (χ0v) is 17.2. The lowest BCUT2D eigenvalue weighted by atomic mass is 9.39. The summed E-state index contributed by atoms with van der Waals surface area (Å²) in [4.78, 5) is 24.9. The molecule has 152 valence electrons. The van der Waals surface area contributed by atoms with Gasteiger partial charge in [0.1, 0.15) is 11.9 Å². The molecule has 2 bridgehead atoms. The minimum atomic E-state index is -0.625. The molecule has 4 fully saturated rings. The summed E-state index contributed by atoms with van der Waals surface area (Å²) in [6.45, 7) is 9.74. The molecular formula is C22H34O5. The monoisotopic (exact) mass is 378 g/mol. The van der Waals surface area contributed by atoms with E-state index in [-0.39, 0.29) is 46.9 Å². The minimum absolute atomic E-state index is 0.0256. The number of esters is 1. The summed E-state index contributed by atoms with van der Waals surface area (Å²) >= 11 is 0. The Morgan fingerprint density at radius 2 is 1.78 bits per heavy atom. The van der Waals surface area contributed by atoms with Crippen LogP contribution in [0.3, 0.4) is 0 Å². The first kappa shape index (κ1) is 19.4. The lowest BCUT2D eigenvalue weighted by Crippen LogP contribution is -2.67. The topological polar surface area (TPSA) is 83.8 Å². The summed E-state index contributed by atoms with van der Waals surface area (Å²) in [5, 5.41) is 22.5. The minimum Gasteiger partial charge on any atom is -0.462 e. The van der Waals surface area contributed by atoms with Crippen LogP contribution < -0.4 is 0 Å². The number of fused-ring (bicyclic) bond motifs is 3. The zero-order valence-electron chi connectivity index (χ0n) is 17.2. The molecule has 0 aromatic heterocycles. The van der Waals surface area contributed by atoms with E-state index in [0.717, 1.165) is 12.8 Å².